The van der Waals surface area contributed by atoms with E-state index in [9.17, 15) is 4.79 Å². The average molecular weight is 382 g/mol. The second kappa shape index (κ2) is 7.53. The van der Waals surface area contributed by atoms with E-state index in [0.29, 0.717) is 28.8 Å². The van der Waals surface area contributed by atoms with Crippen LogP contribution in [0.25, 0.3) is 11.4 Å². The Morgan fingerprint density at radius 1 is 1.22 bits per heavy atom. The zero-order chi connectivity index (χ0) is 18.8. The van der Waals surface area contributed by atoms with Gasteiger partial charge >= 0.3 is 0 Å². The van der Waals surface area contributed by atoms with Gasteiger partial charge in [-0.15, -0.1) is 0 Å². The van der Waals surface area contributed by atoms with Gasteiger partial charge in [0.1, 0.15) is 0 Å². The molecule has 138 valence electrons. The van der Waals surface area contributed by atoms with Crippen molar-refractivity contribution in [3.8, 4) is 11.4 Å². The summed E-state index contributed by atoms with van der Waals surface area (Å²) in [7, 11) is 0. The molecule has 2 aromatic carbocycles. The maximum atomic E-state index is 12.8. The van der Waals surface area contributed by atoms with Crippen LogP contribution < -0.4 is 0 Å². The molecule has 1 saturated heterocycles. The van der Waals surface area contributed by atoms with Crippen LogP contribution in [0, 0.1) is 6.92 Å². The van der Waals surface area contributed by atoms with Gasteiger partial charge in [0.25, 0.3) is 5.91 Å². The van der Waals surface area contributed by atoms with E-state index in [-0.39, 0.29) is 11.8 Å². The Hall–Kier alpha value is -2.66. The molecular weight excluding hydrogens is 362 g/mol. The Kier molecular flexibility index (Phi) is 4.94. The second-order valence-electron chi connectivity index (χ2n) is 6.92. The fraction of sp³-hybridized carbons (Fsp3) is 0.286. The molecule has 0 unspecified atom stereocenters. The fourth-order valence-electron chi connectivity index (χ4n) is 3.39. The summed E-state index contributed by atoms with van der Waals surface area (Å²) in [6.07, 6.45) is 1.83. The number of piperidine rings is 1. The molecule has 0 bridgehead atoms. The molecule has 1 atom stereocenters. The Morgan fingerprint density at radius 2 is 2.04 bits per heavy atom. The second-order valence-corrected chi connectivity index (χ2v) is 7.36. The molecule has 4 rings (SSSR count). The molecule has 1 aromatic heterocycles. The molecule has 1 fully saturated rings. The number of nitrogens with zero attached hydrogens (tertiary/aromatic N) is 3. The van der Waals surface area contributed by atoms with Gasteiger partial charge in [-0.1, -0.05) is 52.7 Å². The summed E-state index contributed by atoms with van der Waals surface area (Å²) in [5.41, 5.74) is 2.72. The highest BCUT2D eigenvalue weighted by Gasteiger charge is 2.29. The Bertz CT molecular complexity index is 952. The van der Waals surface area contributed by atoms with E-state index in [1.807, 2.05) is 36.1 Å². The van der Waals surface area contributed by atoms with Crippen LogP contribution in [0.2, 0.25) is 5.02 Å². The number of aromatic nitrogens is 2. The first-order valence-corrected chi connectivity index (χ1v) is 9.43. The van der Waals surface area contributed by atoms with Crippen LogP contribution in [0.5, 0.6) is 0 Å². The molecule has 6 heteroatoms. The number of hydrogen-bond acceptors (Lipinski definition) is 4. The zero-order valence-corrected chi connectivity index (χ0v) is 15.8. The number of benzene rings is 2. The van der Waals surface area contributed by atoms with Gasteiger partial charge in [0, 0.05) is 29.2 Å². The van der Waals surface area contributed by atoms with Gasteiger partial charge < -0.3 is 9.42 Å². The lowest BCUT2D eigenvalue weighted by atomic mass is 9.97. The smallest absolute Gasteiger partial charge is 0.253 e. The highest BCUT2D eigenvalue weighted by atomic mass is 35.5. The van der Waals surface area contributed by atoms with Gasteiger partial charge in [0.15, 0.2) is 0 Å². The van der Waals surface area contributed by atoms with Crippen LogP contribution in [-0.4, -0.2) is 34.0 Å². The number of hydrogen-bond donors (Lipinski definition) is 0. The van der Waals surface area contributed by atoms with Crippen LogP contribution in [0.1, 0.15) is 40.6 Å². The highest BCUT2D eigenvalue weighted by molar-refractivity contribution is 6.30. The van der Waals surface area contributed by atoms with Crippen molar-refractivity contribution in [1.29, 1.82) is 0 Å². The quantitative estimate of drug-likeness (QED) is 0.658. The predicted molar refractivity (Wildman–Crippen MR) is 104 cm³/mol. The summed E-state index contributed by atoms with van der Waals surface area (Å²) in [5, 5.41) is 4.69. The number of likely N-dealkylation sites (tertiary alicyclic amines) is 1. The van der Waals surface area contributed by atoms with Crippen LogP contribution in [-0.2, 0) is 0 Å². The molecular formula is C21H20ClN3O2. The Labute approximate surface area is 163 Å². The van der Waals surface area contributed by atoms with Crippen LogP contribution >= 0.6 is 11.6 Å². The van der Waals surface area contributed by atoms with Crippen molar-refractivity contribution in [1.82, 2.24) is 15.0 Å². The van der Waals surface area contributed by atoms with Gasteiger partial charge in [-0.25, -0.2) is 0 Å². The number of rotatable bonds is 3. The van der Waals surface area contributed by atoms with Crippen molar-refractivity contribution in [2.24, 2.45) is 0 Å². The summed E-state index contributed by atoms with van der Waals surface area (Å²) in [6, 6.07) is 15.1. The molecule has 0 saturated carbocycles. The van der Waals surface area contributed by atoms with Crippen molar-refractivity contribution in [2.75, 3.05) is 13.1 Å². The van der Waals surface area contributed by atoms with Crippen molar-refractivity contribution < 1.29 is 9.32 Å². The van der Waals surface area contributed by atoms with E-state index < -0.39 is 0 Å². The first-order chi connectivity index (χ1) is 13.1. The summed E-state index contributed by atoms with van der Waals surface area (Å²) >= 11 is 6.02. The maximum absolute atomic E-state index is 12.8. The fourth-order valence-corrected chi connectivity index (χ4v) is 3.58. The topological polar surface area (TPSA) is 59.2 Å². The van der Waals surface area contributed by atoms with Gasteiger partial charge in [-0.2, -0.15) is 4.98 Å². The number of carbonyl (C=O) groups is 1. The van der Waals surface area contributed by atoms with E-state index in [1.54, 1.807) is 24.3 Å². The lowest BCUT2D eigenvalue weighted by Crippen LogP contribution is -2.39. The summed E-state index contributed by atoms with van der Waals surface area (Å²) < 4.78 is 5.52. The molecule has 27 heavy (non-hydrogen) atoms. The zero-order valence-electron chi connectivity index (χ0n) is 15.1. The highest BCUT2D eigenvalue weighted by Crippen LogP contribution is 2.28. The molecule has 0 radical (unpaired) electrons. The molecule has 2 heterocycles. The van der Waals surface area contributed by atoms with Gasteiger partial charge in [-0.05, 0) is 38.0 Å². The third-order valence-corrected chi connectivity index (χ3v) is 5.12. The Balaban J connectivity index is 1.50. The molecule has 3 aromatic rings. The summed E-state index contributed by atoms with van der Waals surface area (Å²) in [4.78, 5) is 19.2. The summed E-state index contributed by atoms with van der Waals surface area (Å²) in [5.74, 6) is 1.21. The van der Waals surface area contributed by atoms with Gasteiger partial charge in [0.05, 0.1) is 5.92 Å². The lowest BCUT2D eigenvalue weighted by molar-refractivity contribution is 0.0695. The van der Waals surface area contributed by atoms with Crippen molar-refractivity contribution >= 4 is 17.5 Å². The largest absolute Gasteiger partial charge is 0.339 e. The average Bonchev–Trinajstić information content (AvgIpc) is 3.18. The molecule has 0 aliphatic carbocycles. The van der Waals surface area contributed by atoms with Gasteiger partial charge in [-0.3, -0.25) is 4.79 Å². The molecule has 0 N–H and O–H groups in total. The predicted octanol–water partition coefficient (Wildman–Crippen LogP) is 4.72. The van der Waals surface area contributed by atoms with Crippen LogP contribution in [0.15, 0.2) is 53.1 Å². The number of halogens is 1. The minimum absolute atomic E-state index is 0.0135. The monoisotopic (exact) mass is 381 g/mol. The standard InChI is InChI=1S/C21H20ClN3O2/c1-14-7-9-15(10-8-14)19-23-20(27-24-19)17-5-3-11-25(13-17)21(26)16-4-2-6-18(22)12-16/h2,4,6-10,12,17H,3,5,11,13H2,1H3/t17-/m1/s1. The first kappa shape index (κ1) is 17.7. The first-order valence-electron chi connectivity index (χ1n) is 9.05. The Morgan fingerprint density at radius 3 is 2.81 bits per heavy atom. The number of aryl methyl sites for hydroxylation is 1. The normalized spacial score (nSPS) is 17.1. The SMILES string of the molecule is Cc1ccc(-c2noc([C@@H]3CCCN(C(=O)c4cccc(Cl)c4)C3)n2)cc1. The van der Waals surface area contributed by atoms with E-state index in [4.69, 9.17) is 16.1 Å². The van der Waals surface area contributed by atoms with Crippen molar-refractivity contribution in [3.05, 3.63) is 70.6 Å². The minimum Gasteiger partial charge on any atom is -0.339 e. The third-order valence-electron chi connectivity index (χ3n) is 4.88. The van der Waals surface area contributed by atoms with E-state index in [0.717, 1.165) is 24.9 Å². The van der Waals surface area contributed by atoms with E-state index in [1.165, 1.54) is 5.56 Å². The summed E-state index contributed by atoms with van der Waals surface area (Å²) in [6.45, 7) is 3.33. The molecule has 0 spiro atoms. The van der Waals surface area contributed by atoms with Crippen LogP contribution in [0.4, 0.5) is 0 Å². The van der Waals surface area contributed by atoms with Crippen molar-refractivity contribution in [3.63, 3.8) is 0 Å². The number of carbonyl (C=O) groups excluding carboxylic acids is 1. The van der Waals surface area contributed by atoms with Gasteiger partial charge in [0.2, 0.25) is 11.7 Å². The van der Waals surface area contributed by atoms with Crippen LogP contribution in [0.3, 0.4) is 0 Å². The van der Waals surface area contributed by atoms with Crippen molar-refractivity contribution in [2.45, 2.75) is 25.7 Å². The molecule has 5 nitrogen and oxygen atoms in total. The molecule has 1 amide bonds. The lowest BCUT2D eigenvalue weighted by Gasteiger charge is -2.31. The molecule has 1 aliphatic heterocycles. The minimum atomic E-state index is -0.0135. The van der Waals surface area contributed by atoms with E-state index in [2.05, 4.69) is 10.1 Å². The van der Waals surface area contributed by atoms with E-state index >= 15 is 0 Å². The maximum Gasteiger partial charge on any atom is 0.253 e. The third kappa shape index (κ3) is 3.88. The number of amides is 1. The molecule has 1 aliphatic rings.